The van der Waals surface area contributed by atoms with Crippen molar-refractivity contribution in [3.05, 3.63) is 24.2 Å². The average Bonchev–Trinajstić information content (AvgIpc) is 2.84. The van der Waals surface area contributed by atoms with Crippen LogP contribution in [-0.2, 0) is 11.3 Å². The average molecular weight is 237 g/mol. The molecule has 0 atom stereocenters. The van der Waals surface area contributed by atoms with Crippen LogP contribution in [0.4, 0.5) is 0 Å². The lowest BCUT2D eigenvalue weighted by Gasteiger charge is -2.26. The van der Waals surface area contributed by atoms with E-state index in [0.29, 0.717) is 12.6 Å². The van der Waals surface area contributed by atoms with Gasteiger partial charge >= 0.3 is 0 Å². The van der Waals surface area contributed by atoms with Gasteiger partial charge in [-0.2, -0.15) is 0 Å². The summed E-state index contributed by atoms with van der Waals surface area (Å²) in [5.41, 5.74) is 0. The van der Waals surface area contributed by atoms with E-state index in [1.165, 1.54) is 25.7 Å². The molecule has 1 heterocycles. The van der Waals surface area contributed by atoms with Crippen LogP contribution in [0.2, 0.25) is 0 Å². The Balaban J connectivity index is 1.49. The van der Waals surface area contributed by atoms with Gasteiger partial charge in [0.2, 0.25) is 0 Å². The van der Waals surface area contributed by atoms with Gasteiger partial charge in [0, 0.05) is 12.6 Å². The number of furan rings is 1. The second-order valence-corrected chi connectivity index (χ2v) is 5.04. The van der Waals surface area contributed by atoms with E-state index in [-0.39, 0.29) is 0 Å². The first kappa shape index (κ1) is 12.7. The van der Waals surface area contributed by atoms with Gasteiger partial charge in [0.05, 0.1) is 12.9 Å². The van der Waals surface area contributed by atoms with E-state index in [9.17, 15) is 0 Å². The second kappa shape index (κ2) is 6.82. The molecule has 1 aliphatic rings. The minimum absolute atomic E-state index is 0.580. The molecular formula is C14H23NO2. The first-order chi connectivity index (χ1) is 8.34. The van der Waals surface area contributed by atoms with E-state index in [0.717, 1.165) is 24.8 Å². The molecule has 1 saturated carbocycles. The van der Waals surface area contributed by atoms with Crippen molar-refractivity contribution in [2.24, 2.45) is 5.92 Å². The number of hydrogen-bond acceptors (Lipinski definition) is 3. The van der Waals surface area contributed by atoms with Crippen molar-refractivity contribution in [2.75, 3.05) is 13.2 Å². The standard InChI is InChI=1S/C14H23NO2/c1-12-4-6-13(7-5-12)15-8-10-16-11-14-3-2-9-17-14/h2-3,9,12-13,15H,4-8,10-11H2,1H3. The number of ether oxygens (including phenoxy) is 1. The van der Waals surface area contributed by atoms with Crippen molar-refractivity contribution < 1.29 is 9.15 Å². The van der Waals surface area contributed by atoms with Gasteiger partial charge in [-0.25, -0.2) is 0 Å². The predicted octanol–water partition coefficient (Wildman–Crippen LogP) is 2.96. The van der Waals surface area contributed by atoms with E-state index < -0.39 is 0 Å². The van der Waals surface area contributed by atoms with E-state index in [1.54, 1.807) is 6.26 Å². The third-order valence-corrected chi connectivity index (χ3v) is 3.52. The maximum atomic E-state index is 5.53. The van der Waals surface area contributed by atoms with E-state index >= 15 is 0 Å². The van der Waals surface area contributed by atoms with Crippen molar-refractivity contribution in [3.8, 4) is 0 Å². The molecule has 0 saturated heterocycles. The van der Waals surface area contributed by atoms with Crippen LogP contribution < -0.4 is 5.32 Å². The van der Waals surface area contributed by atoms with Gasteiger partial charge in [0.25, 0.3) is 0 Å². The second-order valence-electron chi connectivity index (χ2n) is 5.04. The fraction of sp³-hybridized carbons (Fsp3) is 0.714. The molecule has 3 nitrogen and oxygen atoms in total. The molecule has 1 aliphatic carbocycles. The number of hydrogen-bond donors (Lipinski definition) is 1. The maximum Gasteiger partial charge on any atom is 0.129 e. The van der Waals surface area contributed by atoms with Gasteiger partial charge in [-0.1, -0.05) is 6.92 Å². The Morgan fingerprint density at radius 3 is 2.88 bits per heavy atom. The summed E-state index contributed by atoms with van der Waals surface area (Å²) in [5, 5.41) is 3.57. The van der Waals surface area contributed by atoms with Gasteiger partial charge < -0.3 is 14.5 Å². The highest BCUT2D eigenvalue weighted by Crippen LogP contribution is 2.23. The molecule has 0 bridgehead atoms. The SMILES string of the molecule is CC1CCC(NCCOCc2ccco2)CC1. The summed E-state index contributed by atoms with van der Waals surface area (Å²) in [6.07, 6.45) is 7.05. The van der Waals surface area contributed by atoms with Crippen molar-refractivity contribution in [1.82, 2.24) is 5.32 Å². The zero-order valence-electron chi connectivity index (χ0n) is 10.7. The van der Waals surface area contributed by atoms with Gasteiger partial charge in [-0.3, -0.25) is 0 Å². The molecule has 96 valence electrons. The molecule has 1 aromatic rings. The summed E-state index contributed by atoms with van der Waals surface area (Å²) in [5.74, 6) is 1.82. The van der Waals surface area contributed by atoms with Crippen LogP contribution in [0.1, 0.15) is 38.4 Å². The van der Waals surface area contributed by atoms with Gasteiger partial charge in [0.15, 0.2) is 0 Å². The topological polar surface area (TPSA) is 34.4 Å². The Labute approximate surface area is 104 Å². The molecule has 0 aromatic carbocycles. The lowest BCUT2D eigenvalue weighted by molar-refractivity contribution is 0.104. The molecular weight excluding hydrogens is 214 g/mol. The predicted molar refractivity (Wildman–Crippen MR) is 67.8 cm³/mol. The molecule has 0 unspecified atom stereocenters. The zero-order chi connectivity index (χ0) is 11.9. The normalized spacial score (nSPS) is 25.0. The first-order valence-electron chi connectivity index (χ1n) is 6.68. The highest BCUT2D eigenvalue weighted by Gasteiger charge is 2.16. The van der Waals surface area contributed by atoms with E-state index in [2.05, 4.69) is 12.2 Å². The summed E-state index contributed by atoms with van der Waals surface area (Å²) in [7, 11) is 0. The molecule has 0 aliphatic heterocycles. The third-order valence-electron chi connectivity index (χ3n) is 3.52. The quantitative estimate of drug-likeness (QED) is 0.772. The minimum Gasteiger partial charge on any atom is -0.467 e. The highest BCUT2D eigenvalue weighted by molar-refractivity contribution is 4.95. The van der Waals surface area contributed by atoms with E-state index in [4.69, 9.17) is 9.15 Å². The summed E-state index contributed by atoms with van der Waals surface area (Å²) >= 11 is 0. The number of nitrogens with one attached hydrogen (secondary N) is 1. The molecule has 1 fully saturated rings. The lowest BCUT2D eigenvalue weighted by atomic mass is 9.87. The molecule has 1 N–H and O–H groups in total. The molecule has 0 radical (unpaired) electrons. The fourth-order valence-electron chi connectivity index (χ4n) is 2.37. The van der Waals surface area contributed by atoms with Crippen LogP contribution in [0.5, 0.6) is 0 Å². The summed E-state index contributed by atoms with van der Waals surface area (Å²) in [4.78, 5) is 0. The van der Waals surface area contributed by atoms with Crippen LogP contribution in [0, 0.1) is 5.92 Å². The maximum absolute atomic E-state index is 5.53. The summed E-state index contributed by atoms with van der Waals surface area (Å²) in [6, 6.07) is 4.54. The minimum atomic E-state index is 0.580. The van der Waals surface area contributed by atoms with Crippen molar-refractivity contribution in [1.29, 1.82) is 0 Å². The Kier molecular flexibility index (Phi) is 5.08. The smallest absolute Gasteiger partial charge is 0.129 e. The molecule has 1 aromatic heterocycles. The lowest BCUT2D eigenvalue weighted by Crippen LogP contribution is -2.34. The summed E-state index contributed by atoms with van der Waals surface area (Å²) < 4.78 is 10.7. The molecule has 0 spiro atoms. The molecule has 3 heteroatoms. The van der Waals surface area contributed by atoms with Crippen LogP contribution in [0.15, 0.2) is 22.8 Å². The monoisotopic (exact) mass is 237 g/mol. The van der Waals surface area contributed by atoms with Crippen molar-refractivity contribution in [2.45, 2.75) is 45.3 Å². The molecule has 2 rings (SSSR count). The Morgan fingerprint density at radius 1 is 1.35 bits per heavy atom. The van der Waals surface area contributed by atoms with Gasteiger partial charge in [-0.05, 0) is 43.7 Å². The fourth-order valence-corrected chi connectivity index (χ4v) is 2.37. The highest BCUT2D eigenvalue weighted by atomic mass is 16.5. The van der Waals surface area contributed by atoms with Gasteiger partial charge in [0.1, 0.15) is 12.4 Å². The van der Waals surface area contributed by atoms with Crippen LogP contribution in [0.3, 0.4) is 0 Å². The van der Waals surface area contributed by atoms with Crippen LogP contribution in [0.25, 0.3) is 0 Å². The Hall–Kier alpha value is -0.800. The van der Waals surface area contributed by atoms with Gasteiger partial charge in [-0.15, -0.1) is 0 Å². The molecule has 0 amide bonds. The van der Waals surface area contributed by atoms with Crippen LogP contribution >= 0.6 is 0 Å². The Morgan fingerprint density at radius 2 is 2.18 bits per heavy atom. The van der Waals surface area contributed by atoms with Crippen LogP contribution in [-0.4, -0.2) is 19.2 Å². The first-order valence-corrected chi connectivity index (χ1v) is 6.68. The number of rotatable bonds is 6. The Bertz CT molecular complexity index is 289. The summed E-state index contributed by atoms with van der Waals surface area (Å²) in [6.45, 7) is 4.63. The van der Waals surface area contributed by atoms with Crippen molar-refractivity contribution in [3.63, 3.8) is 0 Å². The zero-order valence-corrected chi connectivity index (χ0v) is 10.7. The molecule has 17 heavy (non-hydrogen) atoms. The van der Waals surface area contributed by atoms with Crippen molar-refractivity contribution >= 4 is 0 Å². The third kappa shape index (κ3) is 4.52. The largest absolute Gasteiger partial charge is 0.467 e. The van der Waals surface area contributed by atoms with E-state index in [1.807, 2.05) is 12.1 Å².